The normalized spacial score (nSPS) is 0. The van der Waals surface area contributed by atoms with Gasteiger partial charge in [0, 0.05) is 37.7 Å². The fourth-order valence-electron chi connectivity index (χ4n) is 0. The van der Waals surface area contributed by atoms with Crippen molar-refractivity contribution in [3.8, 4) is 0 Å². The van der Waals surface area contributed by atoms with Crippen molar-refractivity contribution in [1.29, 1.82) is 0 Å². The summed E-state index contributed by atoms with van der Waals surface area (Å²) in [5.74, 6) is 0. The summed E-state index contributed by atoms with van der Waals surface area (Å²) < 4.78 is 0. The summed E-state index contributed by atoms with van der Waals surface area (Å²) in [5.41, 5.74) is 0. The number of rotatable bonds is 0. The zero-order chi connectivity index (χ0) is 0. The minimum atomic E-state index is 0. The van der Waals surface area contributed by atoms with Crippen LogP contribution in [0.3, 0.4) is 0 Å². The van der Waals surface area contributed by atoms with E-state index in [1.165, 1.54) is 0 Å². The Morgan fingerprint density at radius 2 is 0.400 bits per heavy atom. The van der Waals surface area contributed by atoms with Gasteiger partial charge in [-0.2, -0.15) is 0 Å². The van der Waals surface area contributed by atoms with Gasteiger partial charge in [0.15, 0.2) is 0 Å². The van der Waals surface area contributed by atoms with E-state index in [4.69, 9.17) is 0 Å². The van der Waals surface area contributed by atoms with Crippen LogP contribution in [0.5, 0.6) is 0 Å². The van der Waals surface area contributed by atoms with Gasteiger partial charge in [-0.1, -0.05) is 22.3 Å². The molecular weight excluding hydrogens is 49.9 g/mol. The molecule has 0 amide bonds. The van der Waals surface area contributed by atoms with E-state index in [9.17, 15) is 0 Å². The molecule has 0 aromatic carbocycles. The second-order valence-corrected chi connectivity index (χ2v) is 0. The summed E-state index contributed by atoms with van der Waals surface area (Å²) in [5, 5.41) is 0. The second-order valence-electron chi connectivity index (χ2n) is 0. The van der Waals surface area contributed by atoms with Crippen molar-refractivity contribution in [1.82, 2.24) is 0 Å². The van der Waals surface area contributed by atoms with E-state index in [1.54, 1.807) is 0 Å². The topological polar surface area (TPSA) is 0 Å². The van der Waals surface area contributed by atoms with Crippen LogP contribution >= 0.6 is 0 Å². The van der Waals surface area contributed by atoms with Crippen molar-refractivity contribution in [2.75, 3.05) is 0 Å². The molecule has 2 heteroatoms. The minimum Gasteiger partial charge on any atom is -0.0776 e. The molecule has 26 valence electrons. The Bertz CT molecular complexity index is 4.85. The maximum atomic E-state index is 0. The summed E-state index contributed by atoms with van der Waals surface area (Å²) >= 11 is 0. The van der Waals surface area contributed by atoms with Crippen LogP contribution in [0.1, 0.15) is 22.3 Å². The van der Waals surface area contributed by atoms with Gasteiger partial charge in [-0.15, -0.1) is 0 Å². The van der Waals surface area contributed by atoms with E-state index in [1.807, 2.05) is 0 Å². The Kier molecular flexibility index (Phi) is 1500. The molecule has 0 saturated carbocycles. The molecule has 0 unspecified atom stereocenters. The van der Waals surface area contributed by atoms with Crippen molar-refractivity contribution >= 4 is 37.7 Å². The SMILES string of the molecule is C.C.C.[Li].[Li]. The molecule has 5 heavy (non-hydrogen) atoms. The Labute approximate surface area is 60.1 Å². The minimum absolute atomic E-state index is 0. The van der Waals surface area contributed by atoms with E-state index in [0.29, 0.717) is 0 Å². The van der Waals surface area contributed by atoms with Crippen molar-refractivity contribution in [3.63, 3.8) is 0 Å². The Balaban J connectivity index is 0. The smallest absolute Gasteiger partial charge is 0 e. The van der Waals surface area contributed by atoms with Gasteiger partial charge in [0.1, 0.15) is 0 Å². The Morgan fingerprint density at radius 1 is 0.400 bits per heavy atom. The number of hydrogen-bond acceptors (Lipinski definition) is 0. The van der Waals surface area contributed by atoms with Gasteiger partial charge < -0.3 is 0 Å². The molecule has 0 rings (SSSR count). The summed E-state index contributed by atoms with van der Waals surface area (Å²) in [7, 11) is 0. The van der Waals surface area contributed by atoms with Gasteiger partial charge in [0.2, 0.25) is 0 Å². The molecule has 0 aliphatic heterocycles. The van der Waals surface area contributed by atoms with Crippen LogP contribution in [-0.2, 0) is 0 Å². The first-order valence-corrected chi connectivity index (χ1v) is 0. The summed E-state index contributed by atoms with van der Waals surface area (Å²) in [6.07, 6.45) is 0. The standard InChI is InChI=1S/3CH4.2Li/h3*1H4;;. The van der Waals surface area contributed by atoms with Gasteiger partial charge >= 0.3 is 0 Å². The van der Waals surface area contributed by atoms with Crippen molar-refractivity contribution in [2.24, 2.45) is 0 Å². The summed E-state index contributed by atoms with van der Waals surface area (Å²) in [4.78, 5) is 0. The second kappa shape index (κ2) is 64.0. The van der Waals surface area contributed by atoms with Crippen molar-refractivity contribution in [3.05, 3.63) is 0 Å². The molecule has 0 bridgehead atoms. The van der Waals surface area contributed by atoms with Crippen molar-refractivity contribution < 1.29 is 0 Å². The zero-order valence-electron chi connectivity index (χ0n) is 2.00. The molecule has 0 aliphatic rings. The van der Waals surface area contributed by atoms with Crippen LogP contribution in [0.4, 0.5) is 0 Å². The average Bonchev–Trinajstić information content (AvgIpc) is 0. The first kappa shape index (κ1) is 117. The molecule has 0 aromatic rings. The largest absolute Gasteiger partial charge is 0.0776 e. The summed E-state index contributed by atoms with van der Waals surface area (Å²) in [6.45, 7) is 0. The maximum absolute atomic E-state index is 0. The molecule has 0 N–H and O–H groups in total. The van der Waals surface area contributed by atoms with Gasteiger partial charge in [0.25, 0.3) is 0 Å². The third-order valence-corrected chi connectivity index (χ3v) is 0. The third-order valence-electron chi connectivity index (χ3n) is 0. The fraction of sp³-hybridized carbons (Fsp3) is 1.00. The van der Waals surface area contributed by atoms with E-state index in [0.717, 1.165) is 0 Å². The van der Waals surface area contributed by atoms with Gasteiger partial charge in [-0.25, -0.2) is 0 Å². The Hall–Kier alpha value is 1.19. The fourth-order valence-corrected chi connectivity index (χ4v) is 0. The van der Waals surface area contributed by atoms with Crippen LogP contribution in [0, 0.1) is 0 Å². The first-order valence-electron chi connectivity index (χ1n) is 0. The average molecular weight is 62.0 g/mol. The number of hydrogen-bond donors (Lipinski definition) is 0. The van der Waals surface area contributed by atoms with Crippen molar-refractivity contribution in [2.45, 2.75) is 22.3 Å². The van der Waals surface area contributed by atoms with Gasteiger partial charge in [-0.3, -0.25) is 0 Å². The molecule has 0 aromatic heterocycles. The van der Waals surface area contributed by atoms with Crippen LogP contribution < -0.4 is 0 Å². The first-order chi connectivity index (χ1) is 0. The molecule has 0 saturated heterocycles. The Morgan fingerprint density at radius 3 is 0.400 bits per heavy atom. The maximum Gasteiger partial charge on any atom is 0 e. The molecule has 0 atom stereocenters. The molecule has 0 nitrogen and oxygen atoms in total. The van der Waals surface area contributed by atoms with E-state index in [-0.39, 0.29) is 60.0 Å². The van der Waals surface area contributed by atoms with E-state index >= 15 is 0 Å². The van der Waals surface area contributed by atoms with E-state index in [2.05, 4.69) is 0 Å². The van der Waals surface area contributed by atoms with E-state index < -0.39 is 0 Å². The molecule has 0 heterocycles. The quantitative estimate of drug-likeness (QED) is 0.369. The predicted octanol–water partition coefficient (Wildman–Crippen LogP) is 1.15. The molecule has 0 aliphatic carbocycles. The van der Waals surface area contributed by atoms with Gasteiger partial charge in [0.05, 0.1) is 0 Å². The molecule has 0 fully saturated rings. The van der Waals surface area contributed by atoms with Gasteiger partial charge in [-0.05, 0) is 0 Å². The molecular formula is C3H12Li2. The van der Waals surface area contributed by atoms with Crippen LogP contribution in [-0.4, -0.2) is 37.7 Å². The van der Waals surface area contributed by atoms with Crippen LogP contribution in [0.15, 0.2) is 0 Å². The predicted molar refractivity (Wildman–Crippen MR) is 31.7 cm³/mol. The zero-order valence-corrected chi connectivity index (χ0v) is 2.00. The van der Waals surface area contributed by atoms with Crippen LogP contribution in [0.25, 0.3) is 0 Å². The molecule has 0 spiro atoms. The van der Waals surface area contributed by atoms with Crippen LogP contribution in [0.2, 0.25) is 0 Å². The third kappa shape index (κ3) is 37.1. The summed E-state index contributed by atoms with van der Waals surface area (Å²) in [6, 6.07) is 0. The monoisotopic (exact) mass is 62.1 g/mol. The molecule has 2 radical (unpaired) electrons.